The molecule has 6 heteroatoms. The van der Waals surface area contributed by atoms with Crippen LogP contribution in [0.1, 0.15) is 5.89 Å². The van der Waals surface area contributed by atoms with E-state index in [4.69, 9.17) is 10.2 Å². The Morgan fingerprint density at radius 2 is 1.88 bits per heavy atom. The fourth-order valence-electron chi connectivity index (χ4n) is 1.28. The summed E-state index contributed by atoms with van der Waals surface area (Å²) in [6.07, 6.45) is 0.378. The summed E-state index contributed by atoms with van der Waals surface area (Å²) in [6.45, 7) is 0.335. The van der Waals surface area contributed by atoms with Crippen molar-refractivity contribution in [2.75, 3.05) is 6.54 Å². The standard InChI is InChI=1S/C10H9F2N3O/c11-6-2-1-3-7(12)9(6)10-15-14-8(16-10)4-5-13/h1-3H,4-5,13H2. The lowest BCUT2D eigenvalue weighted by molar-refractivity contribution is 0.496. The van der Waals surface area contributed by atoms with Gasteiger partial charge < -0.3 is 10.2 Å². The summed E-state index contributed by atoms with van der Waals surface area (Å²) in [6, 6.07) is 3.53. The molecule has 1 aromatic carbocycles. The summed E-state index contributed by atoms with van der Waals surface area (Å²) in [4.78, 5) is 0. The molecule has 0 unspecified atom stereocenters. The third kappa shape index (κ3) is 1.92. The van der Waals surface area contributed by atoms with Gasteiger partial charge in [0.25, 0.3) is 5.89 Å². The zero-order chi connectivity index (χ0) is 11.5. The summed E-state index contributed by atoms with van der Waals surface area (Å²) in [5.41, 5.74) is 4.99. The lowest BCUT2D eigenvalue weighted by Gasteiger charge is -1.98. The molecule has 1 heterocycles. The number of nitrogens with zero attached hydrogens (tertiary/aromatic N) is 2. The maximum Gasteiger partial charge on any atom is 0.253 e. The molecule has 0 spiro atoms. The van der Waals surface area contributed by atoms with Gasteiger partial charge in [0.2, 0.25) is 5.89 Å². The van der Waals surface area contributed by atoms with Gasteiger partial charge in [-0.1, -0.05) is 6.07 Å². The summed E-state index contributed by atoms with van der Waals surface area (Å²) in [5.74, 6) is -1.37. The monoisotopic (exact) mass is 225 g/mol. The molecule has 84 valence electrons. The number of rotatable bonds is 3. The smallest absolute Gasteiger partial charge is 0.253 e. The van der Waals surface area contributed by atoms with E-state index in [0.29, 0.717) is 13.0 Å². The molecule has 0 aliphatic rings. The van der Waals surface area contributed by atoms with Gasteiger partial charge in [-0.2, -0.15) is 0 Å². The molecule has 1 aromatic heterocycles. The normalized spacial score (nSPS) is 10.7. The van der Waals surface area contributed by atoms with Crippen LogP contribution in [0.4, 0.5) is 8.78 Å². The van der Waals surface area contributed by atoms with Crippen LogP contribution in [-0.4, -0.2) is 16.7 Å². The van der Waals surface area contributed by atoms with Crippen LogP contribution in [0.3, 0.4) is 0 Å². The highest BCUT2D eigenvalue weighted by atomic mass is 19.1. The number of nitrogens with two attached hydrogens (primary N) is 1. The zero-order valence-electron chi connectivity index (χ0n) is 8.28. The zero-order valence-corrected chi connectivity index (χ0v) is 8.28. The molecule has 0 aliphatic carbocycles. The van der Waals surface area contributed by atoms with Crippen molar-refractivity contribution >= 4 is 0 Å². The number of halogens is 2. The second-order valence-corrected chi connectivity index (χ2v) is 3.14. The number of benzene rings is 1. The van der Waals surface area contributed by atoms with Crippen molar-refractivity contribution in [3.8, 4) is 11.5 Å². The third-order valence-corrected chi connectivity index (χ3v) is 2.00. The molecule has 0 fully saturated rings. The quantitative estimate of drug-likeness (QED) is 0.860. The Morgan fingerprint density at radius 1 is 1.19 bits per heavy atom. The Hall–Kier alpha value is -1.82. The second-order valence-electron chi connectivity index (χ2n) is 3.14. The van der Waals surface area contributed by atoms with Crippen LogP contribution in [-0.2, 0) is 6.42 Å². The molecule has 0 saturated carbocycles. The minimum atomic E-state index is -0.733. The van der Waals surface area contributed by atoms with E-state index in [9.17, 15) is 8.78 Å². The molecule has 2 N–H and O–H groups in total. The van der Waals surface area contributed by atoms with Crippen molar-refractivity contribution in [3.05, 3.63) is 35.7 Å². The highest BCUT2D eigenvalue weighted by Crippen LogP contribution is 2.24. The average molecular weight is 225 g/mol. The molecule has 4 nitrogen and oxygen atoms in total. The maximum absolute atomic E-state index is 13.3. The first-order valence-corrected chi connectivity index (χ1v) is 4.69. The highest BCUT2D eigenvalue weighted by Gasteiger charge is 2.17. The Morgan fingerprint density at radius 3 is 2.50 bits per heavy atom. The molecule has 0 aliphatic heterocycles. The molecule has 0 amide bonds. The van der Waals surface area contributed by atoms with E-state index < -0.39 is 11.6 Å². The third-order valence-electron chi connectivity index (χ3n) is 2.00. The molecule has 0 atom stereocenters. The first-order chi connectivity index (χ1) is 7.72. The molecule has 2 rings (SSSR count). The van der Waals surface area contributed by atoms with E-state index in [1.807, 2.05) is 0 Å². The van der Waals surface area contributed by atoms with E-state index in [1.54, 1.807) is 0 Å². The van der Waals surface area contributed by atoms with Crippen molar-refractivity contribution in [3.63, 3.8) is 0 Å². The van der Waals surface area contributed by atoms with Crippen molar-refractivity contribution in [1.82, 2.24) is 10.2 Å². The van der Waals surface area contributed by atoms with Crippen molar-refractivity contribution in [2.24, 2.45) is 5.73 Å². The predicted molar refractivity (Wildman–Crippen MR) is 52.4 cm³/mol. The van der Waals surface area contributed by atoms with Crippen LogP contribution in [0.2, 0.25) is 0 Å². The van der Waals surface area contributed by atoms with E-state index in [1.165, 1.54) is 6.07 Å². The van der Waals surface area contributed by atoms with Crippen LogP contribution in [0.15, 0.2) is 22.6 Å². The van der Waals surface area contributed by atoms with Gasteiger partial charge in [0.15, 0.2) is 0 Å². The van der Waals surface area contributed by atoms with Crippen molar-refractivity contribution in [2.45, 2.75) is 6.42 Å². The lowest BCUT2D eigenvalue weighted by atomic mass is 10.2. The first-order valence-electron chi connectivity index (χ1n) is 4.69. The van der Waals surface area contributed by atoms with E-state index >= 15 is 0 Å². The van der Waals surface area contributed by atoms with Gasteiger partial charge in [-0.05, 0) is 12.1 Å². The highest BCUT2D eigenvalue weighted by molar-refractivity contribution is 5.54. The molecule has 0 bridgehead atoms. The lowest BCUT2D eigenvalue weighted by Crippen LogP contribution is -2.02. The summed E-state index contributed by atoms with van der Waals surface area (Å²) < 4.78 is 31.8. The number of aromatic nitrogens is 2. The molecule has 16 heavy (non-hydrogen) atoms. The second kappa shape index (κ2) is 4.36. The van der Waals surface area contributed by atoms with Crippen molar-refractivity contribution in [1.29, 1.82) is 0 Å². The molecule has 0 saturated heterocycles. The van der Waals surface area contributed by atoms with Gasteiger partial charge in [0, 0.05) is 13.0 Å². The minimum absolute atomic E-state index is 0.168. The van der Waals surface area contributed by atoms with Gasteiger partial charge in [-0.25, -0.2) is 8.78 Å². The van der Waals surface area contributed by atoms with Crippen LogP contribution in [0.5, 0.6) is 0 Å². The van der Waals surface area contributed by atoms with E-state index in [-0.39, 0.29) is 17.3 Å². The summed E-state index contributed by atoms with van der Waals surface area (Å²) in [7, 11) is 0. The fraction of sp³-hybridized carbons (Fsp3) is 0.200. The number of hydrogen-bond acceptors (Lipinski definition) is 4. The topological polar surface area (TPSA) is 64.9 Å². The minimum Gasteiger partial charge on any atom is -0.420 e. The van der Waals surface area contributed by atoms with Gasteiger partial charge in [0.05, 0.1) is 0 Å². The average Bonchev–Trinajstić information content (AvgIpc) is 2.67. The van der Waals surface area contributed by atoms with Crippen LogP contribution in [0.25, 0.3) is 11.5 Å². The molecule has 0 radical (unpaired) electrons. The first kappa shape index (κ1) is 10.7. The predicted octanol–water partition coefficient (Wildman–Crippen LogP) is 1.52. The Kier molecular flexibility index (Phi) is 2.91. The Labute approximate surface area is 90.1 Å². The summed E-state index contributed by atoms with van der Waals surface area (Å²) >= 11 is 0. The Balaban J connectivity index is 2.42. The van der Waals surface area contributed by atoms with Crippen LogP contribution >= 0.6 is 0 Å². The molecular formula is C10H9F2N3O. The maximum atomic E-state index is 13.3. The van der Waals surface area contributed by atoms with E-state index in [0.717, 1.165) is 12.1 Å². The summed E-state index contributed by atoms with van der Waals surface area (Å²) in [5, 5.41) is 7.21. The Bertz CT molecular complexity index is 478. The SMILES string of the molecule is NCCc1nnc(-c2c(F)cccc2F)o1. The van der Waals surface area contributed by atoms with Gasteiger partial charge in [-0.3, -0.25) is 0 Å². The number of hydrogen-bond donors (Lipinski definition) is 1. The van der Waals surface area contributed by atoms with Gasteiger partial charge >= 0.3 is 0 Å². The fourth-order valence-corrected chi connectivity index (χ4v) is 1.28. The largest absolute Gasteiger partial charge is 0.420 e. The van der Waals surface area contributed by atoms with Crippen molar-refractivity contribution < 1.29 is 13.2 Å². The van der Waals surface area contributed by atoms with Crippen LogP contribution < -0.4 is 5.73 Å². The van der Waals surface area contributed by atoms with Gasteiger partial charge in [-0.15, -0.1) is 10.2 Å². The van der Waals surface area contributed by atoms with Gasteiger partial charge in [0.1, 0.15) is 17.2 Å². The molecular weight excluding hydrogens is 216 g/mol. The van der Waals surface area contributed by atoms with E-state index in [2.05, 4.69) is 10.2 Å². The van der Waals surface area contributed by atoms with Crippen LogP contribution in [0, 0.1) is 11.6 Å². The molecule has 2 aromatic rings.